The van der Waals surface area contributed by atoms with Crippen LogP contribution < -0.4 is 0 Å². The molecule has 56 valence electrons. The van der Waals surface area contributed by atoms with Crippen LogP contribution >= 0.6 is 12.0 Å². The Hall–Kier alpha value is 0.270. The van der Waals surface area contributed by atoms with Crippen LogP contribution in [-0.2, 0) is 4.18 Å². The molecule has 2 atom stereocenters. The molecule has 0 saturated carbocycles. The van der Waals surface area contributed by atoms with Crippen molar-refractivity contribution in [2.24, 2.45) is 5.92 Å². The number of aliphatic hydroxyl groups excluding tert-OH is 1. The smallest absolute Gasteiger partial charge is 0.0741 e. The minimum absolute atomic E-state index is 0.144. The summed E-state index contributed by atoms with van der Waals surface area (Å²) >= 11 is 1.34. The lowest BCUT2D eigenvalue weighted by atomic mass is 10.1. The van der Waals surface area contributed by atoms with E-state index in [0.29, 0.717) is 0 Å². The molecule has 3 heteroatoms. The van der Waals surface area contributed by atoms with E-state index in [-0.39, 0.29) is 18.6 Å². The third kappa shape index (κ3) is 3.78. The number of aliphatic hydroxyl groups is 1. The molecule has 0 bridgehead atoms. The van der Waals surface area contributed by atoms with Crippen LogP contribution in [0.15, 0.2) is 0 Å². The van der Waals surface area contributed by atoms with E-state index in [2.05, 4.69) is 0 Å². The van der Waals surface area contributed by atoms with E-state index in [1.54, 1.807) is 0 Å². The Balaban J connectivity index is 3.32. The monoisotopic (exact) mass is 150 g/mol. The normalized spacial score (nSPS) is 17.3. The first-order valence-electron chi connectivity index (χ1n) is 3.02. The molecule has 0 spiro atoms. The van der Waals surface area contributed by atoms with Gasteiger partial charge in [0.1, 0.15) is 0 Å². The van der Waals surface area contributed by atoms with E-state index in [1.165, 1.54) is 12.0 Å². The van der Waals surface area contributed by atoms with Crippen molar-refractivity contribution >= 4 is 12.0 Å². The van der Waals surface area contributed by atoms with Gasteiger partial charge in [0.15, 0.2) is 0 Å². The van der Waals surface area contributed by atoms with Crippen molar-refractivity contribution in [3.8, 4) is 0 Å². The zero-order valence-corrected chi connectivity index (χ0v) is 6.94. The maximum absolute atomic E-state index is 8.64. The quantitative estimate of drug-likeness (QED) is 0.612. The Morgan fingerprint density at radius 3 is 2.44 bits per heavy atom. The summed E-state index contributed by atoms with van der Waals surface area (Å²) in [6, 6.07) is 0. The molecular weight excluding hydrogens is 136 g/mol. The molecule has 0 fully saturated rings. The van der Waals surface area contributed by atoms with Crippen molar-refractivity contribution in [3.05, 3.63) is 0 Å². The SMILES string of the molecule is CSO[C@@H](C)[C@H](C)CO. The van der Waals surface area contributed by atoms with Crippen LogP contribution in [0.2, 0.25) is 0 Å². The first kappa shape index (κ1) is 9.27. The van der Waals surface area contributed by atoms with Gasteiger partial charge < -0.3 is 9.29 Å². The second kappa shape index (κ2) is 5.09. The molecule has 0 amide bonds. The summed E-state index contributed by atoms with van der Waals surface area (Å²) < 4.78 is 5.15. The van der Waals surface area contributed by atoms with Gasteiger partial charge in [-0.3, -0.25) is 0 Å². The Labute approximate surface area is 60.8 Å². The molecule has 0 aromatic heterocycles. The van der Waals surface area contributed by atoms with Crippen LogP contribution in [-0.4, -0.2) is 24.1 Å². The second-order valence-electron chi connectivity index (χ2n) is 2.13. The molecule has 0 aromatic carbocycles. The first-order valence-corrected chi connectivity index (χ1v) is 4.17. The highest BCUT2D eigenvalue weighted by Gasteiger charge is 2.10. The van der Waals surface area contributed by atoms with Crippen LogP contribution in [0.1, 0.15) is 13.8 Å². The fourth-order valence-electron chi connectivity index (χ4n) is 0.395. The van der Waals surface area contributed by atoms with E-state index in [4.69, 9.17) is 9.29 Å². The lowest BCUT2D eigenvalue weighted by molar-refractivity contribution is 0.128. The second-order valence-corrected chi connectivity index (χ2v) is 2.65. The summed E-state index contributed by atoms with van der Waals surface area (Å²) in [7, 11) is 0. The summed E-state index contributed by atoms with van der Waals surface area (Å²) in [4.78, 5) is 0. The zero-order chi connectivity index (χ0) is 7.28. The molecule has 0 aliphatic heterocycles. The molecule has 0 unspecified atom stereocenters. The highest BCUT2D eigenvalue weighted by Crippen LogP contribution is 2.10. The maximum Gasteiger partial charge on any atom is 0.0741 e. The Morgan fingerprint density at radius 1 is 1.56 bits per heavy atom. The minimum atomic E-state index is 0.144. The zero-order valence-electron chi connectivity index (χ0n) is 6.13. The predicted molar refractivity (Wildman–Crippen MR) is 40.3 cm³/mol. The van der Waals surface area contributed by atoms with Crippen LogP contribution in [0, 0.1) is 5.92 Å². The summed E-state index contributed by atoms with van der Waals surface area (Å²) in [5, 5.41) is 8.64. The van der Waals surface area contributed by atoms with Crippen LogP contribution in [0.25, 0.3) is 0 Å². The molecule has 0 saturated heterocycles. The van der Waals surface area contributed by atoms with Crippen molar-refractivity contribution in [1.29, 1.82) is 0 Å². The summed E-state index contributed by atoms with van der Waals surface area (Å²) in [5.41, 5.74) is 0. The molecule has 0 radical (unpaired) electrons. The van der Waals surface area contributed by atoms with E-state index in [9.17, 15) is 0 Å². The molecule has 0 aliphatic carbocycles. The molecule has 0 aromatic rings. The van der Waals surface area contributed by atoms with Crippen LogP contribution in [0.4, 0.5) is 0 Å². The van der Waals surface area contributed by atoms with Crippen molar-refractivity contribution in [1.82, 2.24) is 0 Å². The molecular formula is C6H14O2S. The van der Waals surface area contributed by atoms with Crippen molar-refractivity contribution in [2.45, 2.75) is 20.0 Å². The van der Waals surface area contributed by atoms with E-state index in [1.807, 2.05) is 20.1 Å². The Bertz CT molecular complexity index is 68.1. The fourth-order valence-corrected chi connectivity index (χ4v) is 0.888. The molecule has 1 N–H and O–H groups in total. The van der Waals surface area contributed by atoms with E-state index < -0.39 is 0 Å². The highest BCUT2D eigenvalue weighted by molar-refractivity contribution is 7.93. The van der Waals surface area contributed by atoms with Gasteiger partial charge in [-0.25, -0.2) is 0 Å². The van der Waals surface area contributed by atoms with Crippen molar-refractivity contribution in [3.63, 3.8) is 0 Å². The van der Waals surface area contributed by atoms with Gasteiger partial charge in [-0.2, -0.15) is 0 Å². The largest absolute Gasteiger partial charge is 0.396 e. The molecule has 2 nitrogen and oxygen atoms in total. The van der Waals surface area contributed by atoms with Gasteiger partial charge in [0.25, 0.3) is 0 Å². The van der Waals surface area contributed by atoms with Gasteiger partial charge in [0.05, 0.1) is 6.10 Å². The van der Waals surface area contributed by atoms with Crippen LogP contribution in [0.5, 0.6) is 0 Å². The number of hydrogen-bond acceptors (Lipinski definition) is 3. The van der Waals surface area contributed by atoms with Gasteiger partial charge in [0, 0.05) is 18.8 Å². The summed E-state index contributed by atoms with van der Waals surface area (Å²) in [5.74, 6) is 0.234. The molecule has 9 heavy (non-hydrogen) atoms. The highest BCUT2D eigenvalue weighted by atomic mass is 32.2. The minimum Gasteiger partial charge on any atom is -0.396 e. The van der Waals surface area contributed by atoms with Gasteiger partial charge in [-0.05, 0) is 19.0 Å². The van der Waals surface area contributed by atoms with Gasteiger partial charge in [-0.1, -0.05) is 6.92 Å². The number of rotatable bonds is 4. The lowest BCUT2D eigenvalue weighted by Gasteiger charge is -2.15. The van der Waals surface area contributed by atoms with Crippen molar-refractivity contribution in [2.75, 3.05) is 12.9 Å². The standard InChI is InChI=1S/C6H14O2S/c1-5(4-7)6(2)8-9-3/h5-7H,4H2,1-3H3/t5-,6+/m1/s1. The first-order chi connectivity index (χ1) is 4.22. The molecule has 0 heterocycles. The van der Waals surface area contributed by atoms with E-state index >= 15 is 0 Å². The molecule has 0 aliphatic rings. The van der Waals surface area contributed by atoms with Gasteiger partial charge in [0.2, 0.25) is 0 Å². The third-order valence-corrected chi connectivity index (χ3v) is 1.83. The lowest BCUT2D eigenvalue weighted by Crippen LogP contribution is -2.18. The van der Waals surface area contributed by atoms with Crippen molar-refractivity contribution < 1.29 is 9.29 Å². The third-order valence-electron chi connectivity index (χ3n) is 1.34. The summed E-state index contributed by atoms with van der Waals surface area (Å²) in [6.07, 6.45) is 2.02. The van der Waals surface area contributed by atoms with Gasteiger partial charge >= 0.3 is 0 Å². The Morgan fingerprint density at radius 2 is 2.11 bits per heavy atom. The average molecular weight is 150 g/mol. The topological polar surface area (TPSA) is 29.5 Å². The Kier molecular flexibility index (Phi) is 5.24. The number of hydrogen-bond donors (Lipinski definition) is 1. The van der Waals surface area contributed by atoms with Gasteiger partial charge in [-0.15, -0.1) is 0 Å². The van der Waals surface area contributed by atoms with Crippen LogP contribution in [0.3, 0.4) is 0 Å². The predicted octanol–water partition coefficient (Wildman–Crippen LogP) is 1.30. The summed E-state index contributed by atoms with van der Waals surface area (Å²) in [6.45, 7) is 4.11. The van der Waals surface area contributed by atoms with E-state index in [0.717, 1.165) is 0 Å². The fraction of sp³-hybridized carbons (Fsp3) is 1.00. The average Bonchev–Trinajstić information content (AvgIpc) is 1.87. The molecule has 0 rings (SSSR count). The maximum atomic E-state index is 8.64.